The van der Waals surface area contributed by atoms with Crippen LogP contribution >= 0.6 is 23.4 Å². The zero-order valence-electron chi connectivity index (χ0n) is 18.8. The third-order valence-electron chi connectivity index (χ3n) is 4.80. The molecule has 3 rings (SSSR count). The molecule has 0 N–H and O–H groups in total. The number of methoxy groups -OCH3 is 1. The molecule has 1 heterocycles. The number of rotatable bonds is 10. The molecular weight excluding hydrogens is 478 g/mol. The quantitative estimate of drug-likeness (QED) is 0.249. The van der Waals surface area contributed by atoms with Crippen LogP contribution in [0.15, 0.2) is 54.0 Å². The summed E-state index contributed by atoms with van der Waals surface area (Å²) in [5.74, 6) is -0.145. The molecule has 0 aromatic heterocycles. The molecule has 2 amide bonds. The van der Waals surface area contributed by atoms with Gasteiger partial charge in [0.1, 0.15) is 13.2 Å². The largest absolute Gasteiger partial charge is 0.493 e. The van der Waals surface area contributed by atoms with Crippen molar-refractivity contribution in [1.82, 2.24) is 4.90 Å². The molecule has 7 nitrogen and oxygen atoms in total. The standard InChI is InChI=1S/C25H24ClNO6S/c1-4-6-18-11-17(13-21-24(29)27(25(30)34-21)14-22(28)32-5-2)12-20(31-3)23(18)33-15-16-7-9-19(26)10-8-16/h4,7-13H,1,5-6,14-15H2,2-3H3/b21-13-. The van der Waals surface area contributed by atoms with Crippen molar-refractivity contribution in [3.8, 4) is 11.5 Å². The number of benzene rings is 2. The van der Waals surface area contributed by atoms with Crippen molar-refractivity contribution in [3.63, 3.8) is 0 Å². The summed E-state index contributed by atoms with van der Waals surface area (Å²) >= 11 is 6.72. The molecule has 0 bridgehead atoms. The van der Waals surface area contributed by atoms with Crippen LogP contribution in [0.1, 0.15) is 23.6 Å². The van der Waals surface area contributed by atoms with Crippen molar-refractivity contribution < 1.29 is 28.6 Å². The van der Waals surface area contributed by atoms with E-state index < -0.39 is 23.7 Å². The normalized spacial score (nSPS) is 14.4. The number of imide groups is 1. The Hall–Kier alpha value is -3.23. The predicted octanol–water partition coefficient (Wildman–Crippen LogP) is 5.26. The number of amides is 2. The van der Waals surface area contributed by atoms with E-state index in [1.807, 2.05) is 18.2 Å². The van der Waals surface area contributed by atoms with Gasteiger partial charge in [-0.2, -0.15) is 0 Å². The van der Waals surface area contributed by atoms with Crippen molar-refractivity contribution in [3.05, 3.63) is 75.7 Å². The second-order valence-corrected chi connectivity index (χ2v) is 8.62. The smallest absolute Gasteiger partial charge is 0.326 e. The van der Waals surface area contributed by atoms with Crippen LogP contribution in [0.5, 0.6) is 11.5 Å². The second kappa shape index (κ2) is 11.8. The third kappa shape index (κ3) is 6.21. The molecule has 0 saturated carbocycles. The lowest BCUT2D eigenvalue weighted by Gasteiger charge is -2.16. The zero-order chi connectivity index (χ0) is 24.7. The van der Waals surface area contributed by atoms with Crippen LogP contribution in [0.2, 0.25) is 5.02 Å². The maximum absolute atomic E-state index is 12.7. The Kier molecular flexibility index (Phi) is 8.79. The van der Waals surface area contributed by atoms with E-state index in [9.17, 15) is 14.4 Å². The summed E-state index contributed by atoms with van der Waals surface area (Å²) < 4.78 is 16.5. The maximum atomic E-state index is 12.7. The fourth-order valence-electron chi connectivity index (χ4n) is 3.25. The first kappa shape index (κ1) is 25.4. The molecule has 0 unspecified atom stereocenters. The van der Waals surface area contributed by atoms with Crippen molar-refractivity contribution in [2.75, 3.05) is 20.3 Å². The molecule has 0 atom stereocenters. The average molecular weight is 502 g/mol. The highest BCUT2D eigenvalue weighted by atomic mass is 35.5. The number of esters is 1. The van der Waals surface area contributed by atoms with Gasteiger partial charge in [0.2, 0.25) is 0 Å². The van der Waals surface area contributed by atoms with Gasteiger partial charge in [-0.15, -0.1) is 6.58 Å². The van der Waals surface area contributed by atoms with E-state index in [0.717, 1.165) is 27.8 Å². The zero-order valence-corrected chi connectivity index (χ0v) is 20.4. The number of nitrogens with zero attached hydrogens (tertiary/aromatic N) is 1. The van der Waals surface area contributed by atoms with Crippen molar-refractivity contribution in [2.45, 2.75) is 20.0 Å². The summed E-state index contributed by atoms with van der Waals surface area (Å²) in [7, 11) is 1.53. The SMILES string of the molecule is C=CCc1cc(/C=C2\SC(=O)N(CC(=O)OCC)C2=O)cc(OC)c1OCc1ccc(Cl)cc1. The Morgan fingerprint density at radius 3 is 2.59 bits per heavy atom. The summed E-state index contributed by atoms with van der Waals surface area (Å²) in [6.45, 7) is 5.52. The van der Waals surface area contributed by atoms with E-state index in [4.69, 9.17) is 25.8 Å². The van der Waals surface area contributed by atoms with E-state index in [1.165, 1.54) is 7.11 Å². The van der Waals surface area contributed by atoms with Gasteiger partial charge >= 0.3 is 5.97 Å². The molecule has 9 heteroatoms. The molecule has 1 aliphatic rings. The molecule has 34 heavy (non-hydrogen) atoms. The predicted molar refractivity (Wildman–Crippen MR) is 132 cm³/mol. The van der Waals surface area contributed by atoms with Crippen LogP contribution in [-0.2, 0) is 27.4 Å². The minimum absolute atomic E-state index is 0.170. The molecule has 1 saturated heterocycles. The van der Waals surface area contributed by atoms with Gasteiger partial charge in [0, 0.05) is 10.6 Å². The van der Waals surface area contributed by atoms with E-state index in [2.05, 4.69) is 6.58 Å². The summed E-state index contributed by atoms with van der Waals surface area (Å²) in [6.07, 6.45) is 3.83. The molecule has 1 aliphatic heterocycles. The van der Waals surface area contributed by atoms with Gasteiger partial charge in [-0.3, -0.25) is 19.3 Å². The summed E-state index contributed by atoms with van der Waals surface area (Å²) in [5.41, 5.74) is 2.39. The fourth-order valence-corrected chi connectivity index (χ4v) is 4.21. The van der Waals surface area contributed by atoms with Gasteiger partial charge in [-0.1, -0.05) is 29.8 Å². The third-order valence-corrected chi connectivity index (χ3v) is 5.96. The lowest BCUT2D eigenvalue weighted by molar-refractivity contribution is -0.145. The molecule has 0 spiro atoms. The monoisotopic (exact) mass is 501 g/mol. The van der Waals surface area contributed by atoms with Crippen molar-refractivity contribution in [1.29, 1.82) is 0 Å². The van der Waals surface area contributed by atoms with E-state index in [1.54, 1.807) is 37.3 Å². The number of carbonyl (C=O) groups excluding carboxylic acids is 3. The number of hydrogen-bond acceptors (Lipinski definition) is 7. The minimum atomic E-state index is -0.636. The summed E-state index contributed by atoms with van der Waals surface area (Å²) in [4.78, 5) is 37.8. The molecule has 0 aliphatic carbocycles. The Balaban J connectivity index is 1.86. The van der Waals surface area contributed by atoms with E-state index in [-0.39, 0.29) is 11.5 Å². The van der Waals surface area contributed by atoms with Gasteiger partial charge < -0.3 is 14.2 Å². The van der Waals surface area contributed by atoms with Crippen LogP contribution in [0.4, 0.5) is 4.79 Å². The van der Waals surface area contributed by atoms with Crippen LogP contribution in [0.3, 0.4) is 0 Å². The number of allylic oxidation sites excluding steroid dienone is 1. The van der Waals surface area contributed by atoms with E-state index in [0.29, 0.717) is 35.1 Å². The topological polar surface area (TPSA) is 82.1 Å². The van der Waals surface area contributed by atoms with Gasteiger partial charge in [-0.25, -0.2) is 0 Å². The van der Waals surface area contributed by atoms with Crippen LogP contribution < -0.4 is 9.47 Å². The van der Waals surface area contributed by atoms with E-state index >= 15 is 0 Å². The number of thioether (sulfide) groups is 1. The molecule has 2 aromatic carbocycles. The van der Waals surface area contributed by atoms with Crippen LogP contribution in [0, 0.1) is 0 Å². The summed E-state index contributed by atoms with van der Waals surface area (Å²) in [6, 6.07) is 10.9. The Morgan fingerprint density at radius 1 is 1.21 bits per heavy atom. The van der Waals surface area contributed by atoms with Gasteiger partial charge in [-0.05, 0) is 66.6 Å². The van der Waals surface area contributed by atoms with Crippen LogP contribution in [0.25, 0.3) is 6.08 Å². The Bertz CT molecular complexity index is 1130. The first-order chi connectivity index (χ1) is 16.4. The molecule has 0 radical (unpaired) electrons. The summed E-state index contributed by atoms with van der Waals surface area (Å²) in [5, 5.41) is 0.121. The first-order valence-corrected chi connectivity index (χ1v) is 11.7. The molecular formula is C25H24ClNO6S. The van der Waals surface area contributed by atoms with Crippen molar-refractivity contribution in [2.24, 2.45) is 0 Å². The van der Waals surface area contributed by atoms with Gasteiger partial charge in [0.05, 0.1) is 18.6 Å². The Morgan fingerprint density at radius 2 is 1.94 bits per heavy atom. The highest BCUT2D eigenvalue weighted by Crippen LogP contribution is 2.37. The van der Waals surface area contributed by atoms with Gasteiger partial charge in [0.25, 0.3) is 11.1 Å². The molecule has 2 aromatic rings. The second-order valence-electron chi connectivity index (χ2n) is 7.19. The number of ether oxygens (including phenoxy) is 3. The van der Waals surface area contributed by atoms with Crippen LogP contribution in [-0.4, -0.2) is 42.3 Å². The highest BCUT2D eigenvalue weighted by Gasteiger charge is 2.36. The highest BCUT2D eigenvalue weighted by molar-refractivity contribution is 8.18. The van der Waals surface area contributed by atoms with Crippen molar-refractivity contribution >= 4 is 46.6 Å². The lowest BCUT2D eigenvalue weighted by Crippen LogP contribution is -2.34. The number of halogens is 1. The average Bonchev–Trinajstić information content (AvgIpc) is 3.06. The fraction of sp³-hybridized carbons (Fsp3) is 0.240. The number of hydrogen-bond donors (Lipinski definition) is 0. The van der Waals surface area contributed by atoms with Gasteiger partial charge in [0.15, 0.2) is 11.5 Å². The minimum Gasteiger partial charge on any atom is -0.493 e. The molecule has 1 fully saturated rings. The number of carbonyl (C=O) groups is 3. The Labute approximate surface area is 207 Å². The first-order valence-electron chi connectivity index (χ1n) is 10.5. The maximum Gasteiger partial charge on any atom is 0.326 e. The lowest BCUT2D eigenvalue weighted by atomic mass is 10.0. The molecule has 178 valence electrons.